The molecule has 0 fully saturated rings. The molecule has 2 aromatic carbocycles. The molecule has 0 aliphatic rings. The Bertz CT molecular complexity index is 995. The molecule has 0 atom stereocenters. The molecule has 0 aliphatic carbocycles. The first-order valence-electron chi connectivity index (χ1n) is 8.32. The Balaban J connectivity index is 1.84. The zero-order chi connectivity index (χ0) is 18.5. The number of carbonyl (C=O) groups is 1. The van der Waals surface area contributed by atoms with Gasteiger partial charge in [-0.05, 0) is 37.3 Å². The number of hydrogen-bond donors (Lipinski definition) is 1. The summed E-state index contributed by atoms with van der Waals surface area (Å²) in [5.41, 5.74) is 0.338. The number of methoxy groups -OCH3 is 1. The third-order valence-corrected chi connectivity index (χ3v) is 3.97. The maximum Gasteiger partial charge on any atom is 0.259 e. The van der Waals surface area contributed by atoms with E-state index in [9.17, 15) is 9.59 Å². The van der Waals surface area contributed by atoms with Crippen molar-refractivity contribution in [1.82, 2.24) is 4.57 Å². The summed E-state index contributed by atoms with van der Waals surface area (Å²) in [4.78, 5) is 25.1. The summed E-state index contributed by atoms with van der Waals surface area (Å²) in [6.45, 7) is 2.28. The van der Waals surface area contributed by atoms with Gasteiger partial charge in [0.1, 0.15) is 18.0 Å². The Morgan fingerprint density at radius 3 is 2.58 bits per heavy atom. The van der Waals surface area contributed by atoms with Crippen molar-refractivity contribution in [3.8, 4) is 11.5 Å². The molecule has 0 unspecified atom stereocenters. The summed E-state index contributed by atoms with van der Waals surface area (Å²) in [7, 11) is 1.56. The summed E-state index contributed by atoms with van der Waals surface area (Å²) in [5, 5.41) is 4.02. The Kier molecular flexibility index (Phi) is 5.22. The van der Waals surface area contributed by atoms with Crippen LogP contribution in [0.1, 0.15) is 6.92 Å². The third-order valence-electron chi connectivity index (χ3n) is 3.97. The van der Waals surface area contributed by atoms with Crippen LogP contribution in [-0.4, -0.2) is 24.2 Å². The minimum absolute atomic E-state index is 0.0908. The fourth-order valence-electron chi connectivity index (χ4n) is 2.79. The molecule has 1 aromatic heterocycles. The predicted molar refractivity (Wildman–Crippen MR) is 101 cm³/mol. The fourth-order valence-corrected chi connectivity index (χ4v) is 2.79. The Morgan fingerprint density at radius 2 is 1.81 bits per heavy atom. The first-order chi connectivity index (χ1) is 12.6. The van der Waals surface area contributed by atoms with E-state index < -0.39 is 0 Å². The SMILES string of the molecule is CCOc1ccccc1NC(=O)Cn1ccc2c(OC)cccc2c1=O. The number of aromatic nitrogens is 1. The molecule has 6 nitrogen and oxygen atoms in total. The quantitative estimate of drug-likeness (QED) is 0.740. The normalized spacial score (nSPS) is 10.5. The second-order valence-electron chi connectivity index (χ2n) is 5.65. The number of amides is 1. The molecule has 0 saturated heterocycles. The van der Waals surface area contributed by atoms with Crippen molar-refractivity contribution in [2.45, 2.75) is 13.5 Å². The van der Waals surface area contributed by atoms with Gasteiger partial charge in [0.05, 0.1) is 24.8 Å². The van der Waals surface area contributed by atoms with Gasteiger partial charge >= 0.3 is 0 Å². The number of hydrogen-bond acceptors (Lipinski definition) is 4. The lowest BCUT2D eigenvalue weighted by Crippen LogP contribution is -2.27. The van der Waals surface area contributed by atoms with Crippen LogP contribution >= 0.6 is 0 Å². The molecule has 1 amide bonds. The third kappa shape index (κ3) is 3.54. The minimum Gasteiger partial charge on any atom is -0.496 e. The molecule has 0 aliphatic heterocycles. The van der Waals surface area contributed by atoms with Crippen LogP contribution in [0.15, 0.2) is 59.5 Å². The molecular weight excluding hydrogens is 332 g/mol. The summed E-state index contributed by atoms with van der Waals surface area (Å²) in [6.07, 6.45) is 1.60. The molecule has 0 radical (unpaired) electrons. The summed E-state index contributed by atoms with van der Waals surface area (Å²) >= 11 is 0. The van der Waals surface area contributed by atoms with Gasteiger partial charge in [-0.3, -0.25) is 9.59 Å². The molecule has 0 bridgehead atoms. The molecule has 26 heavy (non-hydrogen) atoms. The van der Waals surface area contributed by atoms with E-state index >= 15 is 0 Å². The smallest absolute Gasteiger partial charge is 0.259 e. The van der Waals surface area contributed by atoms with Gasteiger partial charge < -0.3 is 19.4 Å². The van der Waals surface area contributed by atoms with E-state index in [1.54, 1.807) is 49.7 Å². The van der Waals surface area contributed by atoms with Gasteiger partial charge in [-0.2, -0.15) is 0 Å². The summed E-state index contributed by atoms with van der Waals surface area (Å²) in [6, 6.07) is 14.2. The van der Waals surface area contributed by atoms with Crippen LogP contribution in [0.5, 0.6) is 11.5 Å². The zero-order valence-corrected chi connectivity index (χ0v) is 14.7. The first-order valence-corrected chi connectivity index (χ1v) is 8.32. The lowest BCUT2D eigenvalue weighted by Gasteiger charge is -2.12. The van der Waals surface area contributed by atoms with Crippen LogP contribution in [0.25, 0.3) is 10.8 Å². The van der Waals surface area contributed by atoms with Gasteiger partial charge in [0.2, 0.25) is 5.91 Å². The number of rotatable bonds is 6. The number of carbonyl (C=O) groups excluding carboxylic acids is 1. The van der Waals surface area contributed by atoms with E-state index in [2.05, 4.69) is 5.32 Å². The highest BCUT2D eigenvalue weighted by molar-refractivity contribution is 5.92. The highest BCUT2D eigenvalue weighted by Crippen LogP contribution is 2.24. The van der Waals surface area contributed by atoms with E-state index in [-0.39, 0.29) is 18.0 Å². The number of pyridine rings is 1. The van der Waals surface area contributed by atoms with Crippen LogP contribution in [0, 0.1) is 0 Å². The maximum absolute atomic E-state index is 12.7. The molecule has 0 saturated carbocycles. The van der Waals surface area contributed by atoms with Gasteiger partial charge in [-0.15, -0.1) is 0 Å². The summed E-state index contributed by atoms with van der Waals surface area (Å²) in [5.74, 6) is 0.919. The molecule has 6 heteroatoms. The first kappa shape index (κ1) is 17.5. The summed E-state index contributed by atoms with van der Waals surface area (Å²) < 4.78 is 12.2. The van der Waals surface area contributed by atoms with Crippen molar-refractivity contribution in [3.05, 3.63) is 65.1 Å². The number of nitrogens with zero attached hydrogens (tertiary/aromatic N) is 1. The van der Waals surface area contributed by atoms with Gasteiger partial charge in [-0.25, -0.2) is 0 Å². The van der Waals surface area contributed by atoms with Crippen molar-refractivity contribution in [1.29, 1.82) is 0 Å². The number of nitrogens with one attached hydrogen (secondary N) is 1. The molecule has 3 aromatic rings. The number of fused-ring (bicyclic) bond motifs is 1. The molecule has 1 N–H and O–H groups in total. The van der Waals surface area contributed by atoms with Crippen molar-refractivity contribution in [2.24, 2.45) is 0 Å². The highest BCUT2D eigenvalue weighted by atomic mass is 16.5. The van der Waals surface area contributed by atoms with Crippen LogP contribution in [0.4, 0.5) is 5.69 Å². The fraction of sp³-hybridized carbons (Fsp3) is 0.200. The van der Waals surface area contributed by atoms with E-state index in [0.29, 0.717) is 29.2 Å². The lowest BCUT2D eigenvalue weighted by atomic mass is 10.1. The molecule has 1 heterocycles. The lowest BCUT2D eigenvalue weighted by molar-refractivity contribution is -0.116. The average Bonchev–Trinajstić information content (AvgIpc) is 2.65. The second-order valence-corrected chi connectivity index (χ2v) is 5.65. The van der Waals surface area contributed by atoms with Crippen molar-refractivity contribution >= 4 is 22.4 Å². The van der Waals surface area contributed by atoms with Crippen molar-refractivity contribution in [2.75, 3.05) is 19.0 Å². The van der Waals surface area contributed by atoms with Gasteiger partial charge in [0.25, 0.3) is 5.56 Å². The number of benzene rings is 2. The second kappa shape index (κ2) is 7.74. The minimum atomic E-state index is -0.304. The number of para-hydroxylation sites is 2. The van der Waals surface area contributed by atoms with Crippen LogP contribution in [-0.2, 0) is 11.3 Å². The zero-order valence-electron chi connectivity index (χ0n) is 14.7. The number of anilines is 1. The topological polar surface area (TPSA) is 69.6 Å². The van der Waals surface area contributed by atoms with Gasteiger partial charge in [0, 0.05) is 11.6 Å². The van der Waals surface area contributed by atoms with E-state index in [4.69, 9.17) is 9.47 Å². The Labute approximate surface area is 151 Å². The van der Waals surface area contributed by atoms with Gasteiger partial charge in [0.15, 0.2) is 0 Å². The van der Waals surface area contributed by atoms with Gasteiger partial charge in [-0.1, -0.05) is 18.2 Å². The van der Waals surface area contributed by atoms with Crippen LogP contribution in [0.2, 0.25) is 0 Å². The standard InChI is InChI=1S/C20H20N2O4/c1-3-26-18-9-5-4-8-16(18)21-19(23)13-22-12-11-14-15(20(22)24)7-6-10-17(14)25-2/h4-12H,3,13H2,1-2H3,(H,21,23). The monoisotopic (exact) mass is 352 g/mol. The van der Waals surface area contributed by atoms with Crippen molar-refractivity contribution in [3.63, 3.8) is 0 Å². The van der Waals surface area contributed by atoms with Crippen LogP contribution in [0.3, 0.4) is 0 Å². The molecule has 0 spiro atoms. The van der Waals surface area contributed by atoms with E-state index in [1.165, 1.54) is 4.57 Å². The molecule has 134 valence electrons. The molecular formula is C20H20N2O4. The maximum atomic E-state index is 12.7. The number of ether oxygens (including phenoxy) is 2. The average molecular weight is 352 g/mol. The van der Waals surface area contributed by atoms with E-state index in [1.807, 2.05) is 19.1 Å². The van der Waals surface area contributed by atoms with Crippen LogP contribution < -0.4 is 20.3 Å². The predicted octanol–water partition coefficient (Wildman–Crippen LogP) is 3.05. The highest BCUT2D eigenvalue weighted by Gasteiger charge is 2.11. The molecule has 3 rings (SSSR count). The Hall–Kier alpha value is -3.28. The van der Waals surface area contributed by atoms with Crippen molar-refractivity contribution < 1.29 is 14.3 Å². The van der Waals surface area contributed by atoms with E-state index in [0.717, 1.165) is 5.39 Å². The largest absolute Gasteiger partial charge is 0.496 e. The Morgan fingerprint density at radius 1 is 1.04 bits per heavy atom.